The molecule has 1 aromatic heterocycles. The molecule has 0 radical (unpaired) electrons. The van der Waals surface area contributed by atoms with Crippen molar-refractivity contribution < 1.29 is 9.53 Å². The zero-order valence-corrected chi connectivity index (χ0v) is 13.5. The first kappa shape index (κ1) is 15.1. The number of nitrogens with zero attached hydrogens (tertiary/aromatic N) is 4. The predicted molar refractivity (Wildman–Crippen MR) is 83.5 cm³/mol. The molecule has 4 heterocycles. The van der Waals surface area contributed by atoms with Gasteiger partial charge in [-0.3, -0.25) is 9.69 Å². The van der Waals surface area contributed by atoms with Gasteiger partial charge in [0.25, 0.3) is 0 Å². The summed E-state index contributed by atoms with van der Waals surface area (Å²) in [6.07, 6.45) is 6.88. The summed E-state index contributed by atoms with van der Waals surface area (Å²) in [6, 6.07) is 0.387. The molecule has 7 nitrogen and oxygen atoms in total. The van der Waals surface area contributed by atoms with Crippen molar-refractivity contribution >= 4 is 5.91 Å². The molecule has 3 fully saturated rings. The molecule has 3 aliphatic heterocycles. The fourth-order valence-electron chi connectivity index (χ4n) is 4.45. The second-order valence-electron chi connectivity index (χ2n) is 7.15. The molecule has 0 bridgehead atoms. The number of ether oxygens (including phenoxy) is 1. The lowest BCUT2D eigenvalue weighted by Gasteiger charge is -2.44. The third kappa shape index (κ3) is 2.87. The number of H-pyrrole nitrogens is 1. The number of likely N-dealkylation sites (tertiary alicyclic amines) is 2. The van der Waals surface area contributed by atoms with Crippen molar-refractivity contribution in [2.75, 3.05) is 32.8 Å². The average molecular weight is 319 g/mol. The molecule has 1 spiro atoms. The maximum atomic E-state index is 13.2. The van der Waals surface area contributed by atoms with Crippen molar-refractivity contribution in [2.24, 2.45) is 5.41 Å². The van der Waals surface area contributed by atoms with Gasteiger partial charge in [0.2, 0.25) is 5.91 Å². The van der Waals surface area contributed by atoms with Gasteiger partial charge in [-0.25, -0.2) is 0 Å². The van der Waals surface area contributed by atoms with Crippen molar-refractivity contribution in [1.82, 2.24) is 25.2 Å². The summed E-state index contributed by atoms with van der Waals surface area (Å²) in [5.74, 6) is 0.387. The van der Waals surface area contributed by atoms with Crippen LogP contribution in [0.3, 0.4) is 0 Å². The van der Waals surface area contributed by atoms with Crippen LogP contribution in [0.5, 0.6) is 0 Å². The Kier molecular flexibility index (Phi) is 4.07. The number of aromatic amines is 1. The Morgan fingerprint density at radius 3 is 2.96 bits per heavy atom. The summed E-state index contributed by atoms with van der Waals surface area (Å²) >= 11 is 0. The standard InChI is InChI=1S/C16H25N5O2/c22-15-16(4-1-6-21(15)14-2-8-23-9-3-14)5-7-20(12-16)11-13-10-17-19-18-13/h10,14H,1-9,11-12H2,(H,17,18,19)/t16-/m1/s1. The van der Waals surface area contributed by atoms with Gasteiger partial charge in [0.15, 0.2) is 0 Å². The molecule has 0 unspecified atom stereocenters. The molecule has 1 amide bonds. The summed E-state index contributed by atoms with van der Waals surface area (Å²) in [5, 5.41) is 10.7. The first-order chi connectivity index (χ1) is 11.3. The van der Waals surface area contributed by atoms with Crippen molar-refractivity contribution in [3.63, 3.8) is 0 Å². The Balaban J connectivity index is 1.44. The van der Waals surface area contributed by atoms with Crippen LogP contribution in [0.1, 0.15) is 37.8 Å². The van der Waals surface area contributed by atoms with E-state index in [1.54, 1.807) is 6.20 Å². The highest BCUT2D eigenvalue weighted by Gasteiger charge is 2.49. The van der Waals surface area contributed by atoms with Crippen molar-refractivity contribution in [1.29, 1.82) is 0 Å². The number of carbonyl (C=O) groups is 1. The first-order valence-electron chi connectivity index (χ1n) is 8.73. The molecule has 126 valence electrons. The molecule has 4 rings (SSSR count). The van der Waals surface area contributed by atoms with E-state index < -0.39 is 0 Å². The molecule has 23 heavy (non-hydrogen) atoms. The summed E-state index contributed by atoms with van der Waals surface area (Å²) in [4.78, 5) is 17.7. The lowest BCUT2D eigenvalue weighted by atomic mass is 9.77. The molecule has 0 saturated carbocycles. The van der Waals surface area contributed by atoms with Gasteiger partial charge < -0.3 is 9.64 Å². The number of nitrogens with one attached hydrogen (secondary N) is 1. The van der Waals surface area contributed by atoms with Gasteiger partial charge >= 0.3 is 0 Å². The van der Waals surface area contributed by atoms with Crippen LogP contribution in [0.4, 0.5) is 0 Å². The van der Waals surface area contributed by atoms with Crippen LogP contribution in [-0.4, -0.2) is 70.0 Å². The van der Waals surface area contributed by atoms with Crippen LogP contribution >= 0.6 is 0 Å². The Morgan fingerprint density at radius 1 is 1.30 bits per heavy atom. The van der Waals surface area contributed by atoms with E-state index in [1.807, 2.05) is 0 Å². The molecule has 3 saturated heterocycles. The number of hydrogen-bond donors (Lipinski definition) is 1. The highest BCUT2D eigenvalue weighted by atomic mass is 16.5. The minimum atomic E-state index is -0.166. The number of amides is 1. The molecule has 1 N–H and O–H groups in total. The van der Waals surface area contributed by atoms with Gasteiger partial charge in [-0.2, -0.15) is 15.4 Å². The summed E-state index contributed by atoms with van der Waals surface area (Å²) in [7, 11) is 0. The molecular formula is C16H25N5O2. The van der Waals surface area contributed by atoms with E-state index >= 15 is 0 Å². The third-order valence-electron chi connectivity index (χ3n) is 5.68. The lowest BCUT2D eigenvalue weighted by Crippen LogP contribution is -2.54. The topological polar surface area (TPSA) is 74.3 Å². The molecule has 1 aromatic rings. The maximum Gasteiger partial charge on any atom is 0.230 e. The van der Waals surface area contributed by atoms with E-state index in [-0.39, 0.29) is 5.41 Å². The number of carbonyl (C=O) groups excluding carboxylic acids is 1. The molecule has 7 heteroatoms. The Labute approximate surface area is 136 Å². The fourth-order valence-corrected chi connectivity index (χ4v) is 4.45. The maximum absolute atomic E-state index is 13.2. The SMILES string of the molecule is O=C1N(C2CCOCC2)CCC[C@]12CCN(Cc1cn[nH]n1)C2. The lowest BCUT2D eigenvalue weighted by molar-refractivity contribution is -0.150. The van der Waals surface area contributed by atoms with Gasteiger partial charge in [0, 0.05) is 38.9 Å². The second kappa shape index (κ2) is 6.20. The van der Waals surface area contributed by atoms with Crippen LogP contribution in [0, 0.1) is 5.41 Å². The average Bonchev–Trinajstić information content (AvgIpc) is 3.23. The van der Waals surface area contributed by atoms with Crippen molar-refractivity contribution in [3.8, 4) is 0 Å². The number of rotatable bonds is 3. The minimum absolute atomic E-state index is 0.166. The normalized spacial score (nSPS) is 30.4. The van der Waals surface area contributed by atoms with Crippen LogP contribution < -0.4 is 0 Å². The Hall–Kier alpha value is -1.47. The fraction of sp³-hybridized carbons (Fsp3) is 0.812. The van der Waals surface area contributed by atoms with Crippen LogP contribution in [0.2, 0.25) is 0 Å². The Morgan fingerprint density at radius 2 is 2.17 bits per heavy atom. The zero-order chi connectivity index (χ0) is 15.7. The van der Waals surface area contributed by atoms with Crippen molar-refractivity contribution in [3.05, 3.63) is 11.9 Å². The molecule has 3 aliphatic rings. The van der Waals surface area contributed by atoms with E-state index in [1.165, 1.54) is 0 Å². The number of hydrogen-bond acceptors (Lipinski definition) is 5. The zero-order valence-electron chi connectivity index (χ0n) is 13.5. The van der Waals surface area contributed by atoms with Crippen molar-refractivity contribution in [2.45, 2.75) is 44.7 Å². The van der Waals surface area contributed by atoms with Crippen LogP contribution in [0.15, 0.2) is 6.20 Å². The quantitative estimate of drug-likeness (QED) is 0.892. The van der Waals surface area contributed by atoms with E-state index in [0.717, 1.165) is 77.2 Å². The van der Waals surface area contributed by atoms with Crippen LogP contribution in [0.25, 0.3) is 0 Å². The van der Waals surface area contributed by atoms with Gasteiger partial charge in [-0.05, 0) is 38.6 Å². The number of piperidine rings is 1. The van der Waals surface area contributed by atoms with E-state index in [2.05, 4.69) is 25.2 Å². The second-order valence-corrected chi connectivity index (χ2v) is 7.15. The molecule has 0 aliphatic carbocycles. The van der Waals surface area contributed by atoms with E-state index in [4.69, 9.17) is 4.74 Å². The smallest absolute Gasteiger partial charge is 0.230 e. The molecular weight excluding hydrogens is 294 g/mol. The monoisotopic (exact) mass is 319 g/mol. The summed E-state index contributed by atoms with van der Waals surface area (Å²) < 4.78 is 5.46. The minimum Gasteiger partial charge on any atom is -0.381 e. The summed E-state index contributed by atoms with van der Waals surface area (Å²) in [5.41, 5.74) is 0.784. The number of aromatic nitrogens is 3. The predicted octanol–water partition coefficient (Wildman–Crippen LogP) is 0.798. The van der Waals surface area contributed by atoms with Gasteiger partial charge in [0.05, 0.1) is 17.3 Å². The highest BCUT2D eigenvalue weighted by molar-refractivity contribution is 5.84. The largest absolute Gasteiger partial charge is 0.381 e. The Bertz CT molecular complexity index is 543. The third-order valence-corrected chi connectivity index (χ3v) is 5.68. The van der Waals surface area contributed by atoms with Gasteiger partial charge in [0.1, 0.15) is 0 Å². The van der Waals surface area contributed by atoms with E-state index in [9.17, 15) is 4.79 Å². The van der Waals surface area contributed by atoms with Gasteiger partial charge in [-0.15, -0.1) is 0 Å². The molecule has 0 aromatic carbocycles. The van der Waals surface area contributed by atoms with Crippen LogP contribution in [-0.2, 0) is 16.1 Å². The molecule has 1 atom stereocenters. The highest BCUT2D eigenvalue weighted by Crippen LogP contribution is 2.41. The summed E-state index contributed by atoms with van der Waals surface area (Å²) in [6.45, 7) is 5.12. The first-order valence-corrected chi connectivity index (χ1v) is 8.73. The van der Waals surface area contributed by atoms with E-state index in [0.29, 0.717) is 11.9 Å². The van der Waals surface area contributed by atoms with Gasteiger partial charge in [-0.1, -0.05) is 0 Å².